The summed E-state index contributed by atoms with van der Waals surface area (Å²) in [5.74, 6) is 0.966. The smallest absolute Gasteiger partial charge is 0.122 e. The zero-order valence-electron chi connectivity index (χ0n) is 11.2. The van der Waals surface area contributed by atoms with Crippen LogP contribution in [0.5, 0.6) is 5.75 Å². The van der Waals surface area contributed by atoms with E-state index in [0.717, 1.165) is 38.5 Å². The van der Waals surface area contributed by atoms with Crippen LogP contribution in [0, 0.1) is 0 Å². The Bertz CT molecular complexity index is 365. The molecule has 0 aliphatic carbocycles. The zero-order valence-corrected chi connectivity index (χ0v) is 11.2. The number of nitrogens with zero attached hydrogens (tertiary/aromatic N) is 1. The third-order valence-electron chi connectivity index (χ3n) is 3.13. The molecule has 1 aliphatic heterocycles. The van der Waals surface area contributed by atoms with E-state index in [4.69, 9.17) is 9.47 Å². The van der Waals surface area contributed by atoms with Crippen molar-refractivity contribution < 1.29 is 9.47 Å². The highest BCUT2D eigenvalue weighted by Crippen LogP contribution is 2.18. The predicted octanol–water partition coefficient (Wildman–Crippen LogP) is 1.46. The normalized spacial score (nSPS) is 18.6. The number of hydrogen-bond acceptors (Lipinski definition) is 4. The van der Waals surface area contributed by atoms with Crippen LogP contribution in [-0.4, -0.2) is 44.5 Å². The molecule has 4 heteroatoms. The Balaban J connectivity index is 1.87. The molecule has 2 rings (SSSR count). The van der Waals surface area contributed by atoms with Crippen molar-refractivity contribution >= 4 is 0 Å². The summed E-state index contributed by atoms with van der Waals surface area (Å²) in [7, 11) is 1.72. The Labute approximate surface area is 109 Å². The van der Waals surface area contributed by atoms with Crippen LogP contribution in [-0.2, 0) is 11.2 Å². The summed E-state index contributed by atoms with van der Waals surface area (Å²) in [5.41, 5.74) is 4.76. The molecule has 1 heterocycles. The zero-order chi connectivity index (χ0) is 12.8. The number of rotatable bonds is 5. The van der Waals surface area contributed by atoms with Crippen molar-refractivity contribution in [2.45, 2.75) is 19.4 Å². The SMILES string of the molecule is COc1ccccc1CC(C)NN1CCOCC1. The number of morpholine rings is 1. The Kier molecular flexibility index (Phi) is 4.99. The monoisotopic (exact) mass is 250 g/mol. The van der Waals surface area contributed by atoms with Gasteiger partial charge in [0.2, 0.25) is 0 Å². The lowest BCUT2D eigenvalue weighted by molar-refractivity contribution is 0.00507. The fourth-order valence-corrected chi connectivity index (χ4v) is 2.25. The van der Waals surface area contributed by atoms with E-state index in [9.17, 15) is 0 Å². The summed E-state index contributed by atoms with van der Waals surface area (Å²) in [6.07, 6.45) is 0.960. The molecule has 1 aromatic rings. The second-order valence-corrected chi connectivity index (χ2v) is 4.65. The first kappa shape index (κ1) is 13.3. The van der Waals surface area contributed by atoms with Crippen LogP contribution in [0.3, 0.4) is 0 Å². The average Bonchev–Trinajstić information content (AvgIpc) is 2.40. The van der Waals surface area contributed by atoms with Gasteiger partial charge in [-0.2, -0.15) is 0 Å². The second-order valence-electron chi connectivity index (χ2n) is 4.65. The standard InChI is InChI=1S/C14H22N2O2/c1-12(15-16-7-9-18-10-8-16)11-13-5-3-4-6-14(13)17-2/h3-6,12,15H,7-11H2,1-2H3. The van der Waals surface area contributed by atoms with Crippen LogP contribution in [0.15, 0.2) is 24.3 Å². The van der Waals surface area contributed by atoms with E-state index in [1.165, 1.54) is 5.56 Å². The fraction of sp³-hybridized carbons (Fsp3) is 0.571. The van der Waals surface area contributed by atoms with Crippen LogP contribution < -0.4 is 10.2 Å². The van der Waals surface area contributed by atoms with Crippen molar-refractivity contribution in [2.75, 3.05) is 33.4 Å². The quantitative estimate of drug-likeness (QED) is 0.858. The van der Waals surface area contributed by atoms with Gasteiger partial charge in [0.05, 0.1) is 20.3 Å². The molecule has 1 unspecified atom stereocenters. The minimum atomic E-state index is 0.388. The summed E-state index contributed by atoms with van der Waals surface area (Å²) < 4.78 is 10.7. The highest BCUT2D eigenvalue weighted by molar-refractivity contribution is 5.33. The van der Waals surface area contributed by atoms with Crippen molar-refractivity contribution in [2.24, 2.45) is 0 Å². The average molecular weight is 250 g/mol. The van der Waals surface area contributed by atoms with Gasteiger partial charge < -0.3 is 9.47 Å². The van der Waals surface area contributed by atoms with Crippen LogP contribution >= 0.6 is 0 Å². The molecule has 0 saturated carbocycles. The Hall–Kier alpha value is -1.10. The summed E-state index contributed by atoms with van der Waals surface area (Å²) in [6.45, 7) is 5.73. The lowest BCUT2D eigenvalue weighted by Gasteiger charge is -2.30. The molecule has 18 heavy (non-hydrogen) atoms. The Morgan fingerprint density at radius 1 is 1.33 bits per heavy atom. The van der Waals surface area contributed by atoms with Crippen LogP contribution in [0.25, 0.3) is 0 Å². The van der Waals surface area contributed by atoms with Gasteiger partial charge in [0, 0.05) is 19.1 Å². The van der Waals surface area contributed by atoms with Gasteiger partial charge in [-0.3, -0.25) is 5.43 Å². The number of para-hydroxylation sites is 1. The molecule has 1 N–H and O–H groups in total. The maximum atomic E-state index is 5.37. The molecule has 1 fully saturated rings. The Morgan fingerprint density at radius 2 is 2.06 bits per heavy atom. The molecule has 0 spiro atoms. The van der Waals surface area contributed by atoms with Crippen molar-refractivity contribution in [3.8, 4) is 5.75 Å². The minimum absolute atomic E-state index is 0.388. The largest absolute Gasteiger partial charge is 0.496 e. The maximum Gasteiger partial charge on any atom is 0.122 e. The number of hydrogen-bond donors (Lipinski definition) is 1. The van der Waals surface area contributed by atoms with E-state index in [1.54, 1.807) is 7.11 Å². The lowest BCUT2D eigenvalue weighted by atomic mass is 10.1. The van der Waals surface area contributed by atoms with Gasteiger partial charge in [0.15, 0.2) is 0 Å². The van der Waals surface area contributed by atoms with E-state index < -0.39 is 0 Å². The molecular weight excluding hydrogens is 228 g/mol. The van der Waals surface area contributed by atoms with Gasteiger partial charge in [0.1, 0.15) is 5.75 Å². The van der Waals surface area contributed by atoms with Gasteiger partial charge in [0.25, 0.3) is 0 Å². The van der Waals surface area contributed by atoms with Crippen molar-refractivity contribution in [3.05, 3.63) is 29.8 Å². The van der Waals surface area contributed by atoms with Crippen molar-refractivity contribution in [1.29, 1.82) is 0 Å². The highest BCUT2D eigenvalue weighted by Gasteiger charge is 2.14. The van der Waals surface area contributed by atoms with Gasteiger partial charge >= 0.3 is 0 Å². The predicted molar refractivity (Wildman–Crippen MR) is 71.7 cm³/mol. The first-order chi connectivity index (χ1) is 8.79. The Morgan fingerprint density at radius 3 is 2.78 bits per heavy atom. The third kappa shape index (κ3) is 3.70. The molecule has 0 amide bonds. The number of benzene rings is 1. The summed E-state index contributed by atoms with van der Waals surface area (Å²) in [5, 5.41) is 2.24. The molecule has 0 bridgehead atoms. The van der Waals surface area contributed by atoms with E-state index >= 15 is 0 Å². The van der Waals surface area contributed by atoms with Crippen LogP contribution in [0.1, 0.15) is 12.5 Å². The van der Waals surface area contributed by atoms with E-state index in [2.05, 4.69) is 29.5 Å². The van der Waals surface area contributed by atoms with Gasteiger partial charge in [-0.1, -0.05) is 18.2 Å². The molecule has 1 atom stereocenters. The maximum absolute atomic E-state index is 5.37. The first-order valence-electron chi connectivity index (χ1n) is 6.50. The topological polar surface area (TPSA) is 33.7 Å². The van der Waals surface area contributed by atoms with Crippen LogP contribution in [0.2, 0.25) is 0 Å². The molecule has 4 nitrogen and oxygen atoms in total. The second kappa shape index (κ2) is 6.73. The number of hydrazine groups is 1. The van der Waals surface area contributed by atoms with Crippen molar-refractivity contribution in [1.82, 2.24) is 10.4 Å². The minimum Gasteiger partial charge on any atom is -0.496 e. The van der Waals surface area contributed by atoms with E-state index in [0.29, 0.717) is 6.04 Å². The summed E-state index contributed by atoms with van der Waals surface area (Å²) in [6, 6.07) is 8.58. The van der Waals surface area contributed by atoms with Crippen molar-refractivity contribution in [3.63, 3.8) is 0 Å². The number of methoxy groups -OCH3 is 1. The lowest BCUT2D eigenvalue weighted by Crippen LogP contribution is -2.49. The fourth-order valence-electron chi connectivity index (χ4n) is 2.25. The molecule has 1 aromatic carbocycles. The molecule has 1 aliphatic rings. The van der Waals surface area contributed by atoms with Gasteiger partial charge in [-0.05, 0) is 25.0 Å². The summed E-state index contributed by atoms with van der Waals surface area (Å²) in [4.78, 5) is 0. The van der Waals surface area contributed by atoms with Gasteiger partial charge in [-0.15, -0.1) is 0 Å². The molecule has 100 valence electrons. The molecule has 0 aromatic heterocycles. The number of nitrogens with one attached hydrogen (secondary N) is 1. The molecule has 1 saturated heterocycles. The number of ether oxygens (including phenoxy) is 2. The molecule has 0 radical (unpaired) electrons. The summed E-state index contributed by atoms with van der Waals surface area (Å²) >= 11 is 0. The highest BCUT2D eigenvalue weighted by atomic mass is 16.5. The molecular formula is C14H22N2O2. The van der Waals surface area contributed by atoms with Crippen LogP contribution in [0.4, 0.5) is 0 Å². The first-order valence-corrected chi connectivity index (χ1v) is 6.50. The van der Waals surface area contributed by atoms with E-state index in [1.807, 2.05) is 12.1 Å². The van der Waals surface area contributed by atoms with Gasteiger partial charge in [-0.25, -0.2) is 5.01 Å². The third-order valence-corrected chi connectivity index (χ3v) is 3.13. The van der Waals surface area contributed by atoms with E-state index in [-0.39, 0.29) is 0 Å².